The van der Waals surface area contributed by atoms with Gasteiger partial charge in [0.15, 0.2) is 0 Å². The van der Waals surface area contributed by atoms with Gasteiger partial charge >= 0.3 is 179 Å². The summed E-state index contributed by atoms with van der Waals surface area (Å²) in [6.45, 7) is 11.2. The first-order valence-electron chi connectivity index (χ1n) is 15.9. The van der Waals surface area contributed by atoms with Crippen molar-refractivity contribution < 1.29 is 24.5 Å². The van der Waals surface area contributed by atoms with Crippen LogP contribution in [0.1, 0.15) is 11.1 Å². The van der Waals surface area contributed by atoms with E-state index in [-0.39, 0.29) is 20.1 Å². The molecule has 7 aromatic rings. The Morgan fingerprint density at radius 3 is 2.15 bits per heavy atom. The fourth-order valence-electron chi connectivity index (χ4n) is 6.44. The van der Waals surface area contributed by atoms with Crippen LogP contribution in [0, 0.1) is 26.0 Å². The zero-order chi connectivity index (χ0) is 32.2. The number of hydrogen-bond acceptors (Lipinski definition) is 3. The minimum atomic E-state index is -2.30. The number of rotatable bonds is 3. The number of benzene rings is 4. The van der Waals surface area contributed by atoms with E-state index in [0.29, 0.717) is 0 Å². The number of aromatic nitrogens is 2. The molecule has 6 heteroatoms. The Bertz CT molecular complexity index is 2240. The third kappa shape index (κ3) is 6.11. The normalized spacial score (nSPS) is 13.0. The van der Waals surface area contributed by atoms with Crippen LogP contribution >= 0.6 is 0 Å². The summed E-state index contributed by atoms with van der Waals surface area (Å²) >= 11 is -2.30. The quantitative estimate of drug-likeness (QED) is 0.132. The smallest absolute Gasteiger partial charge is 0 e. The van der Waals surface area contributed by atoms with Gasteiger partial charge in [-0.15, -0.1) is 35.9 Å². The molecule has 0 aliphatic carbocycles. The molecule has 1 aliphatic rings. The third-order valence-corrected chi connectivity index (χ3v) is 18.8. The molecule has 4 aromatic carbocycles. The van der Waals surface area contributed by atoms with Gasteiger partial charge in [0.05, 0.1) is 8.07 Å². The van der Waals surface area contributed by atoms with Crippen LogP contribution in [-0.4, -0.2) is 31.3 Å². The van der Waals surface area contributed by atoms with Crippen LogP contribution < -0.4 is 14.0 Å². The first-order chi connectivity index (χ1) is 22.0. The zero-order valence-corrected chi connectivity index (χ0v) is 33.4. The fourth-order valence-corrected chi connectivity index (χ4v) is 13.9. The Morgan fingerprint density at radius 2 is 1.45 bits per heavy atom. The largest absolute Gasteiger partial charge is 0 e. The van der Waals surface area contributed by atoms with E-state index in [4.69, 9.17) is 4.42 Å². The molecule has 3 nitrogen and oxygen atoms in total. The van der Waals surface area contributed by atoms with Gasteiger partial charge in [0, 0.05) is 26.3 Å². The summed E-state index contributed by atoms with van der Waals surface area (Å²) < 4.78 is 9.58. The molecule has 237 valence electrons. The predicted octanol–water partition coefficient (Wildman–Crippen LogP) is 8.96. The molecule has 3 aromatic heterocycles. The monoisotopic (exact) mass is 869 g/mol. The minimum Gasteiger partial charge on any atom is 0 e. The summed E-state index contributed by atoms with van der Waals surface area (Å²) in [6, 6.07) is 38.7. The number of aryl methyl sites for hydroxylation is 2. The Morgan fingerprint density at radius 1 is 0.681 bits per heavy atom. The van der Waals surface area contributed by atoms with Gasteiger partial charge in [0.25, 0.3) is 0 Å². The molecule has 0 bridgehead atoms. The second-order valence-electron chi connectivity index (χ2n) is 13.9. The van der Waals surface area contributed by atoms with E-state index in [2.05, 4.69) is 128 Å². The molecule has 47 heavy (non-hydrogen) atoms. The van der Waals surface area contributed by atoms with E-state index in [9.17, 15) is 0 Å². The molecular weight excluding hydrogens is 829 g/mol. The van der Waals surface area contributed by atoms with Gasteiger partial charge in [-0.3, -0.25) is 0 Å². The maximum absolute atomic E-state index is 6.47. The predicted molar refractivity (Wildman–Crippen MR) is 199 cm³/mol. The zero-order valence-electron chi connectivity index (χ0n) is 28.0. The van der Waals surface area contributed by atoms with E-state index in [1.165, 1.54) is 32.8 Å². The molecule has 0 N–H and O–H groups in total. The van der Waals surface area contributed by atoms with Gasteiger partial charge in [-0.2, -0.15) is 0 Å². The van der Waals surface area contributed by atoms with Gasteiger partial charge < -0.3 is 4.98 Å². The van der Waals surface area contributed by atoms with Crippen molar-refractivity contribution >= 4 is 57.3 Å². The summed E-state index contributed by atoms with van der Waals surface area (Å²) in [5.74, 6) is 4.99. The molecular formula is C41H38GeIrN2OSi-2. The van der Waals surface area contributed by atoms with Crippen LogP contribution in [-0.2, 0) is 20.1 Å². The standard InChI is InChI=1S/C27H22GeNO.C14H16NSi.Ir/c1-16-12-25(29-15-17(16)2)20-10-7-9-19-22-13-24-21(14-26(22)30-27(19)20)18-8-5-6-11-23(18)28(24,3)4;1-16(2,3)13-9-10-14(15-11-13)12-7-5-4-6-8-12;/h5-9,11-15H,1-4H3;4-7,9-11H,1-3H3;/q2*-1;. The molecule has 4 heterocycles. The van der Waals surface area contributed by atoms with Crippen LogP contribution in [0.5, 0.6) is 0 Å². The van der Waals surface area contributed by atoms with Crippen molar-refractivity contribution in [2.24, 2.45) is 0 Å². The molecule has 0 spiro atoms. The number of nitrogens with zero attached hydrogens (tertiary/aromatic N) is 2. The summed E-state index contributed by atoms with van der Waals surface area (Å²) in [6.07, 6.45) is 3.95. The van der Waals surface area contributed by atoms with E-state index in [1.807, 2.05) is 42.7 Å². The first-order valence-corrected chi connectivity index (χ1v) is 25.7. The topological polar surface area (TPSA) is 38.9 Å². The maximum Gasteiger partial charge on any atom is 0 e. The summed E-state index contributed by atoms with van der Waals surface area (Å²) in [5, 5.41) is 3.75. The molecule has 0 saturated heterocycles. The third-order valence-electron chi connectivity index (χ3n) is 9.38. The number of fused-ring (bicyclic) bond motifs is 6. The first kappa shape index (κ1) is 33.3. The van der Waals surface area contributed by atoms with Crippen LogP contribution in [0.25, 0.3) is 55.6 Å². The van der Waals surface area contributed by atoms with Crippen molar-refractivity contribution in [1.29, 1.82) is 0 Å². The molecule has 0 atom stereocenters. The maximum atomic E-state index is 6.47. The van der Waals surface area contributed by atoms with E-state index in [0.717, 1.165) is 39.1 Å². The van der Waals surface area contributed by atoms with Crippen molar-refractivity contribution in [1.82, 2.24) is 9.97 Å². The van der Waals surface area contributed by atoms with Crippen LogP contribution in [0.2, 0.25) is 31.2 Å². The molecule has 0 fully saturated rings. The summed E-state index contributed by atoms with van der Waals surface area (Å²) in [4.78, 5) is 9.18. The molecule has 0 unspecified atom stereocenters. The minimum absolute atomic E-state index is 0. The van der Waals surface area contributed by atoms with Crippen molar-refractivity contribution in [2.45, 2.75) is 45.0 Å². The van der Waals surface area contributed by atoms with Gasteiger partial charge in [-0.25, -0.2) is 0 Å². The average molecular weight is 868 g/mol. The second-order valence-corrected chi connectivity index (χ2v) is 28.0. The molecule has 0 saturated carbocycles. The van der Waals surface area contributed by atoms with E-state index >= 15 is 0 Å². The van der Waals surface area contributed by atoms with Crippen molar-refractivity contribution in [3.63, 3.8) is 0 Å². The van der Waals surface area contributed by atoms with Crippen LogP contribution in [0.4, 0.5) is 0 Å². The van der Waals surface area contributed by atoms with Crippen LogP contribution in [0.3, 0.4) is 0 Å². The van der Waals surface area contributed by atoms with E-state index in [1.54, 1.807) is 8.79 Å². The summed E-state index contributed by atoms with van der Waals surface area (Å²) in [7, 11) is -1.23. The van der Waals surface area contributed by atoms with Crippen LogP contribution in [0.15, 0.2) is 108 Å². The van der Waals surface area contributed by atoms with Crippen molar-refractivity contribution in [3.05, 3.63) is 127 Å². The fraction of sp³-hybridized carbons (Fsp3) is 0.171. The van der Waals surface area contributed by atoms with Gasteiger partial charge in [0.2, 0.25) is 0 Å². The van der Waals surface area contributed by atoms with Gasteiger partial charge in [-0.1, -0.05) is 31.8 Å². The Balaban J connectivity index is 0.000000194. The SMILES string of the molecule is C[Si](C)(C)c1ccc(-c2[c-]cccc2)nc1.Cc1cnc(-c2[c-]ccc3c2oc2cc4[c](cc23)[Ge]([CH3])([CH3])[c]2ccccc2-4)cc1C.[Ir]. The summed E-state index contributed by atoms with van der Waals surface area (Å²) in [5.41, 5.74) is 10.9. The Labute approximate surface area is 295 Å². The van der Waals surface area contributed by atoms with E-state index < -0.39 is 21.3 Å². The van der Waals surface area contributed by atoms with Crippen molar-refractivity contribution in [2.75, 3.05) is 0 Å². The van der Waals surface area contributed by atoms with Gasteiger partial charge in [0.1, 0.15) is 0 Å². The molecule has 1 radical (unpaired) electrons. The molecule has 1 aliphatic heterocycles. The van der Waals surface area contributed by atoms with Crippen molar-refractivity contribution in [3.8, 4) is 33.6 Å². The molecule has 8 rings (SSSR count). The number of pyridine rings is 2. The number of furan rings is 1. The number of hydrogen-bond donors (Lipinski definition) is 0. The average Bonchev–Trinajstić information content (AvgIpc) is 3.53. The Kier molecular flexibility index (Phi) is 9.05. The second kappa shape index (κ2) is 12.8. The Hall–Kier alpha value is -3.61. The van der Waals surface area contributed by atoms with Gasteiger partial charge in [-0.05, 0) is 10.9 Å². The molecule has 0 amide bonds.